The first kappa shape index (κ1) is 6.40. The third kappa shape index (κ3) is 0.985. The molecule has 3 heteroatoms. The van der Waals surface area contributed by atoms with E-state index >= 15 is 0 Å². The average molecular weight is 202 g/mol. The van der Waals surface area contributed by atoms with Gasteiger partial charge < -0.3 is 4.42 Å². The van der Waals surface area contributed by atoms with E-state index in [-0.39, 0.29) is 0 Å². The van der Waals surface area contributed by atoms with Crippen LogP contribution in [-0.4, -0.2) is 4.98 Å². The van der Waals surface area contributed by atoms with Crippen molar-refractivity contribution in [2.45, 2.75) is 24.1 Å². The number of rotatable bonds is 2. The Morgan fingerprint density at radius 1 is 1.70 bits per heavy atom. The molecule has 0 radical (unpaired) electrons. The molecule has 1 aliphatic rings. The monoisotopic (exact) mass is 201 g/mol. The van der Waals surface area contributed by atoms with Gasteiger partial charge in [-0.15, -0.1) is 0 Å². The second-order valence-corrected chi connectivity index (χ2v) is 3.13. The van der Waals surface area contributed by atoms with Crippen molar-refractivity contribution in [3.05, 3.63) is 17.8 Å². The molecule has 0 atom stereocenters. The van der Waals surface area contributed by atoms with E-state index in [2.05, 4.69) is 20.9 Å². The summed E-state index contributed by atoms with van der Waals surface area (Å²) >= 11 is 3.36. The molecule has 1 aromatic rings. The minimum atomic E-state index is 0.676. The van der Waals surface area contributed by atoms with E-state index in [9.17, 15) is 0 Å². The summed E-state index contributed by atoms with van der Waals surface area (Å²) in [6.45, 7) is 0. The predicted molar refractivity (Wildman–Crippen MR) is 41.1 cm³/mol. The molecule has 54 valence electrons. The van der Waals surface area contributed by atoms with E-state index < -0.39 is 0 Å². The Labute approximate surface area is 67.8 Å². The fourth-order valence-electron chi connectivity index (χ4n) is 1.06. The van der Waals surface area contributed by atoms with Gasteiger partial charge in [-0.25, -0.2) is 4.98 Å². The average Bonchev–Trinajstić information content (AvgIpc) is 2.69. The minimum Gasteiger partial charge on any atom is -0.448 e. The molecule has 0 N–H and O–H groups in total. The van der Waals surface area contributed by atoms with Gasteiger partial charge in [-0.3, -0.25) is 0 Å². The van der Waals surface area contributed by atoms with Crippen molar-refractivity contribution >= 4 is 15.9 Å². The van der Waals surface area contributed by atoms with Gasteiger partial charge >= 0.3 is 0 Å². The van der Waals surface area contributed by atoms with Crippen molar-refractivity contribution in [2.24, 2.45) is 0 Å². The molecule has 0 saturated heterocycles. The Kier molecular flexibility index (Phi) is 1.52. The van der Waals surface area contributed by atoms with Crippen LogP contribution in [0, 0.1) is 0 Å². The zero-order chi connectivity index (χ0) is 6.97. The zero-order valence-corrected chi connectivity index (χ0v) is 7.10. The van der Waals surface area contributed by atoms with E-state index in [0.717, 1.165) is 16.8 Å². The van der Waals surface area contributed by atoms with Crippen LogP contribution < -0.4 is 0 Å². The molecule has 2 rings (SSSR count). The molecule has 1 saturated carbocycles. The lowest BCUT2D eigenvalue weighted by Gasteiger charge is -1.90. The maximum absolute atomic E-state index is 5.24. The fourth-order valence-corrected chi connectivity index (χ4v) is 1.48. The molecule has 1 aliphatic carbocycles. The van der Waals surface area contributed by atoms with Gasteiger partial charge in [0.15, 0.2) is 6.39 Å². The van der Waals surface area contributed by atoms with Crippen molar-refractivity contribution in [3.63, 3.8) is 0 Å². The van der Waals surface area contributed by atoms with Crippen molar-refractivity contribution in [3.8, 4) is 0 Å². The summed E-state index contributed by atoms with van der Waals surface area (Å²) in [6.07, 6.45) is 4.08. The molecule has 0 aromatic carbocycles. The van der Waals surface area contributed by atoms with E-state index in [1.807, 2.05) is 0 Å². The Morgan fingerprint density at radius 3 is 3.10 bits per heavy atom. The van der Waals surface area contributed by atoms with E-state index in [1.54, 1.807) is 0 Å². The first-order chi connectivity index (χ1) is 4.92. The topological polar surface area (TPSA) is 26.0 Å². The lowest BCUT2D eigenvalue weighted by molar-refractivity contribution is 0.504. The fraction of sp³-hybridized carbons (Fsp3) is 0.571. The highest BCUT2D eigenvalue weighted by Gasteiger charge is 2.29. The van der Waals surface area contributed by atoms with Crippen molar-refractivity contribution in [1.29, 1.82) is 0 Å². The van der Waals surface area contributed by atoms with Crippen LogP contribution in [0.25, 0.3) is 0 Å². The number of hydrogen-bond donors (Lipinski definition) is 0. The quantitative estimate of drug-likeness (QED) is 0.688. The molecule has 1 fully saturated rings. The Hall–Kier alpha value is -0.310. The summed E-state index contributed by atoms with van der Waals surface area (Å²) in [6, 6.07) is 0. The molecule has 0 unspecified atom stereocenters. The third-order valence-corrected chi connectivity index (χ3v) is 2.28. The van der Waals surface area contributed by atoms with E-state index in [0.29, 0.717) is 5.92 Å². The minimum absolute atomic E-state index is 0.676. The highest BCUT2D eigenvalue weighted by atomic mass is 79.9. The predicted octanol–water partition coefficient (Wildman–Crippen LogP) is 2.45. The molecule has 1 aromatic heterocycles. The van der Waals surface area contributed by atoms with Crippen molar-refractivity contribution < 1.29 is 4.42 Å². The summed E-state index contributed by atoms with van der Waals surface area (Å²) in [5, 5.41) is 0.815. The smallest absolute Gasteiger partial charge is 0.181 e. The summed E-state index contributed by atoms with van der Waals surface area (Å²) < 4.78 is 5.24. The summed E-state index contributed by atoms with van der Waals surface area (Å²) in [4.78, 5) is 4.08. The molecule has 2 nitrogen and oxygen atoms in total. The van der Waals surface area contributed by atoms with Gasteiger partial charge in [0.2, 0.25) is 0 Å². The van der Waals surface area contributed by atoms with Gasteiger partial charge in [0.1, 0.15) is 5.76 Å². The lowest BCUT2D eigenvalue weighted by atomic mass is 10.3. The van der Waals surface area contributed by atoms with Gasteiger partial charge in [0.05, 0.1) is 5.69 Å². The molecular formula is C7H8BrNO. The Bertz CT molecular complexity index is 229. The van der Waals surface area contributed by atoms with Crippen LogP contribution in [-0.2, 0) is 5.33 Å². The highest BCUT2D eigenvalue weighted by molar-refractivity contribution is 9.08. The number of alkyl halides is 1. The second-order valence-electron chi connectivity index (χ2n) is 2.57. The zero-order valence-electron chi connectivity index (χ0n) is 5.51. The molecule has 0 spiro atoms. The van der Waals surface area contributed by atoms with Crippen LogP contribution in [0.15, 0.2) is 10.8 Å². The van der Waals surface area contributed by atoms with Gasteiger partial charge in [0.25, 0.3) is 0 Å². The first-order valence-corrected chi connectivity index (χ1v) is 4.52. The van der Waals surface area contributed by atoms with E-state index in [4.69, 9.17) is 4.42 Å². The number of halogens is 1. The third-order valence-electron chi connectivity index (χ3n) is 1.75. The van der Waals surface area contributed by atoms with Crippen molar-refractivity contribution in [2.75, 3.05) is 0 Å². The van der Waals surface area contributed by atoms with Gasteiger partial charge in [-0.2, -0.15) is 0 Å². The number of nitrogens with zero attached hydrogens (tertiary/aromatic N) is 1. The lowest BCUT2D eigenvalue weighted by Crippen LogP contribution is -1.83. The number of oxazole rings is 1. The van der Waals surface area contributed by atoms with Crippen LogP contribution >= 0.6 is 15.9 Å². The number of hydrogen-bond acceptors (Lipinski definition) is 2. The van der Waals surface area contributed by atoms with Gasteiger partial charge in [-0.05, 0) is 12.8 Å². The highest BCUT2D eigenvalue weighted by Crippen LogP contribution is 2.41. The summed E-state index contributed by atoms with van der Waals surface area (Å²) in [5.41, 5.74) is 1.07. The number of aromatic nitrogens is 1. The molecule has 0 bridgehead atoms. The van der Waals surface area contributed by atoms with Crippen LogP contribution in [0.2, 0.25) is 0 Å². The molecule has 0 amide bonds. The largest absolute Gasteiger partial charge is 0.448 e. The van der Waals surface area contributed by atoms with Crippen LogP contribution in [0.1, 0.15) is 30.2 Å². The molecule has 10 heavy (non-hydrogen) atoms. The normalized spacial score (nSPS) is 17.7. The molecular weight excluding hydrogens is 194 g/mol. The standard InChI is InChI=1S/C7H8BrNO/c8-3-6-7(5-1-2-5)10-4-9-6/h4-5H,1-3H2. The Morgan fingerprint density at radius 2 is 2.50 bits per heavy atom. The maximum atomic E-state index is 5.24. The van der Waals surface area contributed by atoms with Crippen LogP contribution in [0.4, 0.5) is 0 Å². The summed E-state index contributed by atoms with van der Waals surface area (Å²) in [5.74, 6) is 1.77. The Balaban J connectivity index is 2.28. The van der Waals surface area contributed by atoms with Gasteiger partial charge in [0, 0.05) is 11.2 Å². The SMILES string of the molecule is BrCc1ncoc1C1CC1. The van der Waals surface area contributed by atoms with E-state index in [1.165, 1.54) is 19.2 Å². The molecule has 1 heterocycles. The summed E-state index contributed by atoms with van der Waals surface area (Å²) in [7, 11) is 0. The molecule has 0 aliphatic heterocycles. The maximum Gasteiger partial charge on any atom is 0.181 e. The van der Waals surface area contributed by atoms with Crippen molar-refractivity contribution in [1.82, 2.24) is 4.98 Å². The second kappa shape index (κ2) is 2.38. The van der Waals surface area contributed by atoms with Crippen LogP contribution in [0.5, 0.6) is 0 Å². The first-order valence-electron chi connectivity index (χ1n) is 3.40. The van der Waals surface area contributed by atoms with Gasteiger partial charge in [-0.1, -0.05) is 15.9 Å². The van der Waals surface area contributed by atoms with Crippen LogP contribution in [0.3, 0.4) is 0 Å².